The third kappa shape index (κ3) is 7.32. The summed E-state index contributed by atoms with van der Waals surface area (Å²) >= 11 is 6.50. The molecule has 2 aromatic rings. The summed E-state index contributed by atoms with van der Waals surface area (Å²) in [5.41, 5.74) is 1.26. The lowest BCUT2D eigenvalue weighted by molar-refractivity contribution is -0.385. The van der Waals surface area contributed by atoms with Gasteiger partial charge in [0.2, 0.25) is 0 Å². The number of benzene rings is 2. The van der Waals surface area contributed by atoms with Crippen LogP contribution < -0.4 is 0 Å². The molecule has 0 bridgehead atoms. The van der Waals surface area contributed by atoms with Crippen LogP contribution in [0, 0.1) is 20.2 Å². The zero-order valence-corrected chi connectivity index (χ0v) is 22.7. The molecule has 2 aromatic carbocycles. The first kappa shape index (κ1) is 28.5. The highest BCUT2D eigenvalue weighted by molar-refractivity contribution is 8.00. The molecular weight excluding hydrogens is 548 g/mol. The molecule has 2 heterocycles. The number of non-ortho nitro benzene ring substituents is 2. The number of nitro benzene ring substituents is 2. The molecule has 0 radical (unpaired) electrons. The Labute approximate surface area is 234 Å². The predicted octanol–water partition coefficient (Wildman–Crippen LogP) is 5.01. The van der Waals surface area contributed by atoms with Gasteiger partial charge in [0.1, 0.15) is 13.2 Å². The van der Waals surface area contributed by atoms with Gasteiger partial charge in [-0.05, 0) is 54.7 Å². The minimum absolute atomic E-state index is 0.00387. The molecule has 12 nitrogen and oxygen atoms in total. The summed E-state index contributed by atoms with van der Waals surface area (Å²) in [6.45, 7) is 1.62. The van der Waals surface area contributed by atoms with E-state index in [-0.39, 0.29) is 29.8 Å². The van der Waals surface area contributed by atoms with Crippen LogP contribution in [-0.2, 0) is 22.7 Å². The average Bonchev–Trinajstić information content (AvgIpc) is 3.57. The number of thiol groups is 1. The fourth-order valence-corrected chi connectivity index (χ4v) is 6.37. The SMILES string of the molecule is O=C(OCc1ccc([N+](=O)[O-])cc1)N1CC[C@H](SCC2(S)CCCN2C(=O)OCc2ccc([N+](=O)[O-])cc2)C1. The van der Waals surface area contributed by atoms with E-state index >= 15 is 0 Å². The smallest absolute Gasteiger partial charge is 0.411 e. The molecule has 2 saturated heterocycles. The Morgan fingerprint density at radius 3 is 2.00 bits per heavy atom. The van der Waals surface area contributed by atoms with Crippen LogP contribution in [0.2, 0.25) is 0 Å². The van der Waals surface area contributed by atoms with E-state index in [4.69, 9.17) is 22.1 Å². The van der Waals surface area contributed by atoms with Crippen molar-refractivity contribution in [3.63, 3.8) is 0 Å². The molecule has 2 aliphatic heterocycles. The summed E-state index contributed by atoms with van der Waals surface area (Å²) in [4.78, 5) is 48.5. The van der Waals surface area contributed by atoms with Crippen LogP contribution in [0.25, 0.3) is 0 Å². The minimum atomic E-state index is -0.679. The number of rotatable bonds is 9. The normalized spacial score (nSPS) is 20.6. The quantitative estimate of drug-likeness (QED) is 0.247. The van der Waals surface area contributed by atoms with Crippen molar-refractivity contribution in [3.05, 3.63) is 79.9 Å². The molecule has 208 valence electrons. The summed E-state index contributed by atoms with van der Waals surface area (Å²) in [5, 5.41) is 21.7. The number of thioether (sulfide) groups is 1. The van der Waals surface area contributed by atoms with Crippen molar-refractivity contribution in [2.24, 2.45) is 0 Å². The average molecular weight is 577 g/mol. The molecule has 2 atom stereocenters. The van der Waals surface area contributed by atoms with Crippen molar-refractivity contribution in [1.29, 1.82) is 0 Å². The van der Waals surface area contributed by atoms with Gasteiger partial charge in [-0.15, -0.1) is 0 Å². The first-order valence-corrected chi connectivity index (χ1v) is 13.8. The van der Waals surface area contributed by atoms with Crippen LogP contribution in [0.3, 0.4) is 0 Å². The second-order valence-corrected chi connectivity index (χ2v) is 11.5. The Morgan fingerprint density at radius 2 is 1.46 bits per heavy atom. The van der Waals surface area contributed by atoms with E-state index in [1.165, 1.54) is 24.3 Å². The van der Waals surface area contributed by atoms with Gasteiger partial charge in [0.25, 0.3) is 11.4 Å². The molecule has 1 unspecified atom stereocenters. The Bertz CT molecular complexity index is 1210. The molecule has 2 amide bonds. The number of ether oxygens (including phenoxy) is 2. The molecule has 0 saturated carbocycles. The van der Waals surface area contributed by atoms with Gasteiger partial charge in [-0.3, -0.25) is 25.1 Å². The standard InChI is InChI=1S/C25H28N4O8S2/c30-23(36-15-18-2-6-20(7-3-18)28(32)33)26-13-10-22(14-26)39-17-25(38)11-1-12-27(25)24(31)37-16-19-4-8-21(9-5-19)29(34)35/h2-9,22,38H,1,10-17H2/t22-,25?/m0/s1. The molecule has 14 heteroatoms. The van der Waals surface area contributed by atoms with Crippen LogP contribution >= 0.6 is 24.4 Å². The van der Waals surface area contributed by atoms with E-state index in [2.05, 4.69) is 0 Å². The summed E-state index contributed by atoms with van der Waals surface area (Å²) in [6, 6.07) is 11.7. The van der Waals surface area contributed by atoms with Crippen LogP contribution in [0.1, 0.15) is 30.4 Å². The van der Waals surface area contributed by atoms with Gasteiger partial charge in [0.15, 0.2) is 0 Å². The summed E-state index contributed by atoms with van der Waals surface area (Å²) in [7, 11) is 0. The summed E-state index contributed by atoms with van der Waals surface area (Å²) < 4.78 is 10.8. The summed E-state index contributed by atoms with van der Waals surface area (Å²) in [6.07, 6.45) is 1.37. The molecule has 0 N–H and O–H groups in total. The Morgan fingerprint density at radius 1 is 0.923 bits per heavy atom. The number of amides is 2. The number of hydrogen-bond donors (Lipinski definition) is 1. The van der Waals surface area contributed by atoms with Crippen molar-refractivity contribution < 1.29 is 28.9 Å². The van der Waals surface area contributed by atoms with Crippen LogP contribution in [0.5, 0.6) is 0 Å². The van der Waals surface area contributed by atoms with Crippen molar-refractivity contribution in [2.75, 3.05) is 25.4 Å². The molecule has 0 aliphatic carbocycles. The van der Waals surface area contributed by atoms with Gasteiger partial charge in [-0.2, -0.15) is 24.4 Å². The minimum Gasteiger partial charge on any atom is -0.445 e. The fourth-order valence-electron chi connectivity index (χ4n) is 4.44. The number of carbonyl (C=O) groups excluding carboxylic acids is 2. The predicted molar refractivity (Wildman–Crippen MR) is 147 cm³/mol. The van der Waals surface area contributed by atoms with Gasteiger partial charge < -0.3 is 14.4 Å². The largest absolute Gasteiger partial charge is 0.445 e. The highest BCUT2D eigenvalue weighted by Crippen LogP contribution is 2.39. The zero-order valence-electron chi connectivity index (χ0n) is 21.0. The highest BCUT2D eigenvalue weighted by atomic mass is 32.2. The van der Waals surface area contributed by atoms with Crippen LogP contribution in [-0.4, -0.2) is 67.3 Å². The number of likely N-dealkylation sites (tertiary alicyclic amines) is 2. The maximum Gasteiger partial charge on any atom is 0.411 e. The van der Waals surface area contributed by atoms with Gasteiger partial charge in [0, 0.05) is 54.9 Å². The second-order valence-electron chi connectivity index (χ2n) is 9.36. The van der Waals surface area contributed by atoms with E-state index in [1.54, 1.807) is 45.8 Å². The molecular formula is C25H28N4O8S2. The van der Waals surface area contributed by atoms with Crippen molar-refractivity contribution in [1.82, 2.24) is 9.80 Å². The Kier molecular flexibility index (Phi) is 9.17. The summed E-state index contributed by atoms with van der Waals surface area (Å²) in [5.74, 6) is 0.569. The van der Waals surface area contributed by atoms with Crippen LogP contribution in [0.4, 0.5) is 21.0 Å². The first-order chi connectivity index (χ1) is 18.6. The topological polar surface area (TPSA) is 145 Å². The number of nitrogens with zero attached hydrogens (tertiary/aromatic N) is 4. The molecule has 39 heavy (non-hydrogen) atoms. The molecule has 2 aliphatic rings. The van der Waals surface area contributed by atoms with E-state index < -0.39 is 26.9 Å². The van der Waals surface area contributed by atoms with E-state index in [1.807, 2.05) is 0 Å². The van der Waals surface area contributed by atoms with Gasteiger partial charge >= 0.3 is 12.2 Å². The molecule has 0 spiro atoms. The second kappa shape index (κ2) is 12.6. The maximum atomic E-state index is 12.8. The lowest BCUT2D eigenvalue weighted by Gasteiger charge is -2.34. The fraction of sp³-hybridized carbons (Fsp3) is 0.440. The number of hydrogen-bond acceptors (Lipinski definition) is 10. The Balaban J connectivity index is 1.21. The van der Waals surface area contributed by atoms with E-state index in [9.17, 15) is 29.8 Å². The van der Waals surface area contributed by atoms with Gasteiger partial charge in [-0.25, -0.2) is 9.59 Å². The first-order valence-electron chi connectivity index (χ1n) is 12.3. The van der Waals surface area contributed by atoms with Crippen molar-refractivity contribution in [2.45, 2.75) is 42.6 Å². The highest BCUT2D eigenvalue weighted by Gasteiger charge is 2.42. The number of carbonyl (C=O) groups is 2. The third-order valence-corrected chi connectivity index (χ3v) is 8.99. The molecule has 2 fully saturated rings. The van der Waals surface area contributed by atoms with Gasteiger partial charge in [-0.1, -0.05) is 0 Å². The molecule has 0 aromatic heterocycles. The monoisotopic (exact) mass is 576 g/mol. The van der Waals surface area contributed by atoms with E-state index in [0.717, 1.165) is 12.8 Å². The van der Waals surface area contributed by atoms with Crippen molar-refractivity contribution >= 4 is 48.0 Å². The Hall–Kier alpha value is -3.52. The third-order valence-electron chi connectivity index (χ3n) is 6.65. The van der Waals surface area contributed by atoms with Crippen molar-refractivity contribution in [3.8, 4) is 0 Å². The lowest BCUT2D eigenvalue weighted by Crippen LogP contribution is -2.45. The van der Waals surface area contributed by atoms with Crippen LogP contribution in [0.15, 0.2) is 48.5 Å². The molecule has 4 rings (SSSR count). The zero-order chi connectivity index (χ0) is 28.0. The number of nitro groups is 2. The van der Waals surface area contributed by atoms with Gasteiger partial charge in [0.05, 0.1) is 14.7 Å². The maximum absolute atomic E-state index is 12.8. The lowest BCUT2D eigenvalue weighted by atomic mass is 10.2. The van der Waals surface area contributed by atoms with E-state index in [0.29, 0.717) is 42.9 Å².